The summed E-state index contributed by atoms with van der Waals surface area (Å²) in [5, 5.41) is 35.6. The van der Waals surface area contributed by atoms with E-state index in [1.807, 2.05) is 0 Å². The molecular formula is C16H22N2O7S. The van der Waals surface area contributed by atoms with Crippen molar-refractivity contribution in [3.63, 3.8) is 0 Å². The lowest BCUT2D eigenvalue weighted by Crippen LogP contribution is -2.63. The largest absolute Gasteiger partial charge is 0.504 e. The molecule has 1 aromatic rings. The molecule has 4 bridgehead atoms. The Morgan fingerprint density at radius 3 is 2.69 bits per heavy atom. The van der Waals surface area contributed by atoms with Crippen molar-refractivity contribution >= 4 is 10.1 Å². The van der Waals surface area contributed by atoms with Gasteiger partial charge in [-0.25, -0.2) is 0 Å². The first-order valence-corrected chi connectivity index (χ1v) is 9.94. The van der Waals surface area contributed by atoms with Gasteiger partial charge < -0.3 is 25.4 Å². The molecule has 0 aromatic heterocycles. The van der Waals surface area contributed by atoms with Crippen LogP contribution in [0.2, 0.25) is 0 Å². The van der Waals surface area contributed by atoms with E-state index in [2.05, 4.69) is 5.32 Å². The number of hydrogen-bond acceptors (Lipinski definition) is 8. The molecule has 9 nitrogen and oxygen atoms in total. The summed E-state index contributed by atoms with van der Waals surface area (Å²) in [7, 11) is -5.02. The van der Waals surface area contributed by atoms with Crippen molar-refractivity contribution < 1.29 is 33.0 Å². The summed E-state index contributed by atoms with van der Waals surface area (Å²) in [6.07, 6.45) is -1.47. The number of aliphatic hydroxyl groups is 2. The molecule has 10 heteroatoms. The molecule has 0 radical (unpaired) electrons. The highest BCUT2D eigenvalue weighted by atomic mass is 32.2. The van der Waals surface area contributed by atoms with Gasteiger partial charge in [0.1, 0.15) is 0 Å². The van der Waals surface area contributed by atoms with Gasteiger partial charge >= 0.3 is 0 Å². The fourth-order valence-electron chi connectivity index (χ4n) is 4.61. The molecule has 2 heterocycles. The Bertz CT molecular complexity index is 860. The van der Waals surface area contributed by atoms with Gasteiger partial charge in [-0.05, 0) is 37.4 Å². The molecule has 0 amide bonds. The van der Waals surface area contributed by atoms with Gasteiger partial charge in [-0.3, -0.25) is 10.3 Å². The Morgan fingerprint density at radius 1 is 1.27 bits per heavy atom. The van der Waals surface area contributed by atoms with Crippen LogP contribution in [0.1, 0.15) is 36.3 Å². The SMILES string of the molecule is N[C@H]1Oc2c(O)ccc3c2[C@H]2CCNC(C3)C2(O)CCC1(O)S(=O)(=O)O. The van der Waals surface area contributed by atoms with Gasteiger partial charge in [-0.15, -0.1) is 0 Å². The zero-order valence-corrected chi connectivity index (χ0v) is 14.7. The molecule has 7 N–H and O–H groups in total. The van der Waals surface area contributed by atoms with Crippen molar-refractivity contribution in [1.82, 2.24) is 5.32 Å². The van der Waals surface area contributed by atoms with Gasteiger partial charge in [-0.1, -0.05) is 6.07 Å². The number of phenolic OH excluding ortho intramolecular Hbond substituents is 1. The first kappa shape index (κ1) is 18.0. The molecular weight excluding hydrogens is 364 g/mol. The summed E-state index contributed by atoms with van der Waals surface area (Å²) >= 11 is 0. The third-order valence-electron chi connectivity index (χ3n) is 6.09. The number of piperidine rings is 1. The van der Waals surface area contributed by atoms with Gasteiger partial charge in [0.05, 0.1) is 5.60 Å². The number of nitrogens with one attached hydrogen (secondary N) is 1. The molecule has 1 aromatic carbocycles. The normalized spacial score (nSPS) is 39.3. The molecule has 2 aliphatic heterocycles. The van der Waals surface area contributed by atoms with E-state index in [0.717, 1.165) is 5.56 Å². The van der Waals surface area contributed by atoms with Crippen molar-refractivity contribution in [1.29, 1.82) is 0 Å². The second-order valence-electron chi connectivity index (χ2n) is 7.39. The summed E-state index contributed by atoms with van der Waals surface area (Å²) < 4.78 is 38.7. The summed E-state index contributed by atoms with van der Waals surface area (Å²) in [5.41, 5.74) is 5.86. The minimum absolute atomic E-state index is 0.0530. The highest BCUT2D eigenvalue weighted by Crippen LogP contribution is 2.53. The first-order chi connectivity index (χ1) is 12.1. The van der Waals surface area contributed by atoms with Gasteiger partial charge in [0.2, 0.25) is 4.93 Å². The van der Waals surface area contributed by atoms with Crippen LogP contribution in [0.5, 0.6) is 11.5 Å². The fraction of sp³-hybridized carbons (Fsp3) is 0.625. The quantitative estimate of drug-likeness (QED) is 0.338. The van der Waals surface area contributed by atoms with E-state index in [1.165, 1.54) is 6.07 Å². The average molecular weight is 386 g/mol. The second kappa shape index (κ2) is 5.54. The van der Waals surface area contributed by atoms with E-state index in [9.17, 15) is 28.3 Å². The lowest BCUT2D eigenvalue weighted by molar-refractivity contribution is -0.0722. The van der Waals surface area contributed by atoms with Crippen molar-refractivity contribution in [2.24, 2.45) is 5.73 Å². The molecule has 26 heavy (non-hydrogen) atoms. The maximum Gasteiger partial charge on any atom is 0.300 e. The van der Waals surface area contributed by atoms with E-state index < -0.39 is 39.2 Å². The lowest BCUT2D eigenvalue weighted by atomic mass is 9.63. The molecule has 0 spiro atoms. The van der Waals surface area contributed by atoms with Crippen LogP contribution in [0.25, 0.3) is 0 Å². The Kier molecular flexibility index (Phi) is 3.82. The molecule has 0 saturated carbocycles. The standard InChI is InChI=1S/C16H22N2O7S/c17-14-16(21,26(22,23)24)5-4-15(20)9-3-6-18-11(15)7-8-1-2-10(19)13(25-14)12(8)9/h1-2,9,11,14,18-21H,3-7,17H2,(H,22,23,24)/t9-,11?,14+,15?,16?/m1/s1. The first-order valence-electron chi connectivity index (χ1n) is 8.50. The van der Waals surface area contributed by atoms with Crippen LogP contribution in [-0.4, -0.2) is 57.6 Å². The van der Waals surface area contributed by atoms with Crippen LogP contribution in [0.3, 0.4) is 0 Å². The molecule has 1 saturated heterocycles. The minimum Gasteiger partial charge on any atom is -0.504 e. The minimum atomic E-state index is -5.02. The molecule has 5 atom stereocenters. The third kappa shape index (κ3) is 2.30. The van der Waals surface area contributed by atoms with Crippen LogP contribution < -0.4 is 15.8 Å². The van der Waals surface area contributed by atoms with Crippen LogP contribution in [0, 0.1) is 0 Å². The second-order valence-corrected chi connectivity index (χ2v) is 9.05. The Morgan fingerprint density at radius 2 is 2.00 bits per heavy atom. The molecule has 1 fully saturated rings. The van der Waals surface area contributed by atoms with Gasteiger partial charge in [0, 0.05) is 23.9 Å². The van der Waals surface area contributed by atoms with Crippen molar-refractivity contribution in [3.05, 3.63) is 23.3 Å². The number of ether oxygens (including phenoxy) is 1. The summed E-state index contributed by atoms with van der Waals surface area (Å²) in [6, 6.07) is 2.79. The van der Waals surface area contributed by atoms with Crippen molar-refractivity contribution in [2.75, 3.05) is 6.54 Å². The Balaban J connectivity index is 1.96. The average Bonchev–Trinajstić information content (AvgIpc) is 2.57. The maximum atomic E-state index is 11.8. The number of rotatable bonds is 1. The molecule has 144 valence electrons. The smallest absolute Gasteiger partial charge is 0.300 e. The van der Waals surface area contributed by atoms with Crippen molar-refractivity contribution in [2.45, 2.75) is 54.4 Å². The number of hydrogen-bond donors (Lipinski definition) is 6. The maximum absolute atomic E-state index is 11.8. The van der Waals surface area contributed by atoms with Crippen molar-refractivity contribution in [3.8, 4) is 11.5 Å². The highest BCUT2D eigenvalue weighted by molar-refractivity contribution is 7.87. The van der Waals surface area contributed by atoms with E-state index in [-0.39, 0.29) is 24.0 Å². The number of phenols is 1. The monoisotopic (exact) mass is 386 g/mol. The molecule has 1 aliphatic carbocycles. The van der Waals surface area contributed by atoms with Gasteiger partial charge in [0.25, 0.3) is 10.1 Å². The predicted molar refractivity (Wildman–Crippen MR) is 90.2 cm³/mol. The summed E-state index contributed by atoms with van der Waals surface area (Å²) in [5.74, 6) is -0.739. The third-order valence-corrected chi connectivity index (χ3v) is 7.42. The topological polar surface area (TPSA) is 162 Å². The van der Waals surface area contributed by atoms with E-state index >= 15 is 0 Å². The van der Waals surface area contributed by atoms with Gasteiger partial charge in [0.15, 0.2) is 17.7 Å². The van der Waals surface area contributed by atoms with E-state index in [0.29, 0.717) is 24.9 Å². The number of benzene rings is 1. The summed E-state index contributed by atoms with van der Waals surface area (Å²) in [6.45, 7) is 0.640. The highest BCUT2D eigenvalue weighted by Gasteiger charge is 2.57. The fourth-order valence-corrected chi connectivity index (χ4v) is 5.31. The molecule has 4 rings (SSSR count). The van der Waals surface area contributed by atoms with E-state index in [4.69, 9.17) is 10.5 Å². The Hall–Kier alpha value is -1.43. The van der Waals surface area contributed by atoms with Gasteiger partial charge in [-0.2, -0.15) is 8.42 Å². The van der Waals surface area contributed by atoms with Crippen LogP contribution in [0.15, 0.2) is 12.1 Å². The zero-order chi connectivity index (χ0) is 18.9. The predicted octanol–water partition coefficient (Wildman–Crippen LogP) is -0.841. The van der Waals surface area contributed by atoms with Crippen LogP contribution >= 0.6 is 0 Å². The number of aromatic hydroxyl groups is 1. The molecule has 3 unspecified atom stereocenters. The Labute approximate surface area is 150 Å². The lowest BCUT2D eigenvalue weighted by Gasteiger charge is -2.51. The molecule has 3 aliphatic rings. The van der Waals surface area contributed by atoms with Crippen LogP contribution in [0.4, 0.5) is 0 Å². The zero-order valence-electron chi connectivity index (χ0n) is 13.9. The van der Waals surface area contributed by atoms with Crippen LogP contribution in [-0.2, 0) is 16.5 Å². The number of nitrogens with two attached hydrogens (primary N) is 1. The summed E-state index contributed by atoms with van der Waals surface area (Å²) in [4.78, 5) is -2.82. The van der Waals surface area contributed by atoms with E-state index in [1.54, 1.807) is 6.07 Å².